The summed E-state index contributed by atoms with van der Waals surface area (Å²) in [6, 6.07) is 0.718. The zero-order valence-corrected chi connectivity index (χ0v) is 15.1. The molecule has 1 N–H and O–H groups in total. The molecule has 3 amide bonds. The first-order valence-corrected chi connectivity index (χ1v) is 8.92. The number of hydrogen-bond donors (Lipinski definition) is 1. The smallest absolute Gasteiger partial charge is 0.316 e. The minimum atomic E-state index is -1.59. The minimum Gasteiger partial charge on any atom is -0.316 e. The van der Waals surface area contributed by atoms with E-state index in [2.05, 4.69) is 10.4 Å². The van der Waals surface area contributed by atoms with Crippen LogP contribution in [0.2, 0.25) is 0 Å². The van der Waals surface area contributed by atoms with E-state index in [4.69, 9.17) is 0 Å². The lowest BCUT2D eigenvalue weighted by molar-refractivity contribution is -0.117. The van der Waals surface area contributed by atoms with Crippen LogP contribution in [0, 0.1) is 17.5 Å². The average molecular weight is 393 g/mol. The van der Waals surface area contributed by atoms with Gasteiger partial charge in [0.2, 0.25) is 5.91 Å². The first kappa shape index (κ1) is 18.3. The highest BCUT2D eigenvalue weighted by atomic mass is 19.2. The van der Waals surface area contributed by atoms with Gasteiger partial charge in [-0.05, 0) is 13.3 Å². The number of halogens is 3. The average Bonchev–Trinajstić information content (AvgIpc) is 3.25. The molecule has 2 aliphatic rings. The number of amides is 3. The Labute approximate surface area is 158 Å². The molecule has 1 aromatic heterocycles. The summed E-state index contributed by atoms with van der Waals surface area (Å²) in [5, 5.41) is 6.74. The molecular formula is C18H18F3N5O2. The maximum Gasteiger partial charge on any atom is 0.322 e. The zero-order valence-electron chi connectivity index (χ0n) is 15.1. The Balaban J connectivity index is 1.56. The summed E-state index contributed by atoms with van der Waals surface area (Å²) >= 11 is 0. The van der Waals surface area contributed by atoms with Crippen LogP contribution in [-0.2, 0) is 11.3 Å². The van der Waals surface area contributed by atoms with Crippen molar-refractivity contribution in [1.82, 2.24) is 14.7 Å². The Morgan fingerprint density at radius 2 is 1.96 bits per heavy atom. The second-order valence-electron chi connectivity index (χ2n) is 6.98. The lowest BCUT2D eigenvalue weighted by Gasteiger charge is -2.33. The van der Waals surface area contributed by atoms with Gasteiger partial charge in [0.05, 0.1) is 30.2 Å². The van der Waals surface area contributed by atoms with Gasteiger partial charge in [-0.3, -0.25) is 9.48 Å². The third-order valence-electron chi connectivity index (χ3n) is 5.01. The lowest BCUT2D eigenvalue weighted by atomic mass is 10.2. The van der Waals surface area contributed by atoms with Gasteiger partial charge in [0.15, 0.2) is 17.5 Å². The number of carbonyl (C=O) groups excluding carboxylic acids is 2. The molecule has 4 rings (SSSR count). The van der Waals surface area contributed by atoms with Crippen molar-refractivity contribution < 1.29 is 22.8 Å². The Morgan fingerprint density at radius 1 is 1.25 bits per heavy atom. The highest BCUT2D eigenvalue weighted by Crippen LogP contribution is 2.31. The molecule has 3 heterocycles. The highest BCUT2D eigenvalue weighted by Gasteiger charge is 2.33. The predicted molar refractivity (Wildman–Crippen MR) is 94.3 cm³/mol. The summed E-state index contributed by atoms with van der Waals surface area (Å²) in [6.45, 7) is 2.98. The molecule has 1 aromatic carbocycles. The second-order valence-corrected chi connectivity index (χ2v) is 6.98. The summed E-state index contributed by atoms with van der Waals surface area (Å²) in [5.74, 6) is -4.33. The van der Waals surface area contributed by atoms with Crippen molar-refractivity contribution in [2.45, 2.75) is 32.4 Å². The van der Waals surface area contributed by atoms with E-state index in [-0.39, 0.29) is 24.2 Å². The van der Waals surface area contributed by atoms with E-state index >= 15 is 0 Å². The topological polar surface area (TPSA) is 70.5 Å². The van der Waals surface area contributed by atoms with Crippen LogP contribution >= 0.6 is 0 Å². The normalized spacial score (nSPS) is 19.1. The van der Waals surface area contributed by atoms with E-state index < -0.39 is 23.5 Å². The van der Waals surface area contributed by atoms with Gasteiger partial charge in [0.1, 0.15) is 0 Å². The number of benzene rings is 1. The molecule has 1 saturated heterocycles. The van der Waals surface area contributed by atoms with E-state index in [0.29, 0.717) is 25.2 Å². The fourth-order valence-electron chi connectivity index (χ4n) is 3.67. The molecule has 0 spiro atoms. The van der Waals surface area contributed by atoms with E-state index in [1.165, 1.54) is 4.90 Å². The Kier molecular flexibility index (Phi) is 4.48. The fourth-order valence-corrected chi connectivity index (χ4v) is 3.67. The molecule has 0 unspecified atom stereocenters. The minimum absolute atomic E-state index is 0.0160. The van der Waals surface area contributed by atoms with Gasteiger partial charge in [-0.15, -0.1) is 0 Å². The molecule has 2 aliphatic heterocycles. The molecule has 0 aliphatic carbocycles. The van der Waals surface area contributed by atoms with Crippen LogP contribution in [-0.4, -0.2) is 39.7 Å². The van der Waals surface area contributed by atoms with Gasteiger partial charge >= 0.3 is 6.03 Å². The first-order valence-electron chi connectivity index (χ1n) is 8.92. The van der Waals surface area contributed by atoms with Gasteiger partial charge in [-0.25, -0.2) is 18.0 Å². The molecule has 0 bridgehead atoms. The SMILES string of the molecule is C[C@H]1CN(C(=O)Nc2cc(F)c(F)c(F)c2)Cc2c(N3CCCC3=O)cnn21. The number of fused-ring (bicyclic) bond motifs is 1. The summed E-state index contributed by atoms with van der Waals surface area (Å²) < 4.78 is 41.6. The van der Waals surface area contributed by atoms with Crippen LogP contribution in [0.25, 0.3) is 0 Å². The number of nitrogens with zero attached hydrogens (tertiary/aromatic N) is 4. The van der Waals surface area contributed by atoms with Crippen molar-refractivity contribution in [1.29, 1.82) is 0 Å². The van der Waals surface area contributed by atoms with Gasteiger partial charge in [0, 0.05) is 37.3 Å². The molecule has 2 aromatic rings. The monoisotopic (exact) mass is 393 g/mol. The number of nitrogens with one attached hydrogen (secondary N) is 1. The van der Waals surface area contributed by atoms with Gasteiger partial charge in [-0.2, -0.15) is 5.10 Å². The van der Waals surface area contributed by atoms with Gasteiger partial charge in [0.25, 0.3) is 0 Å². The van der Waals surface area contributed by atoms with E-state index in [1.807, 2.05) is 6.92 Å². The molecule has 1 atom stereocenters. The zero-order chi connectivity index (χ0) is 20.0. The Bertz CT molecular complexity index is 938. The molecule has 10 heteroatoms. The second kappa shape index (κ2) is 6.84. The van der Waals surface area contributed by atoms with Crippen molar-refractivity contribution in [2.24, 2.45) is 0 Å². The summed E-state index contributed by atoms with van der Waals surface area (Å²) in [6.07, 6.45) is 2.87. The van der Waals surface area contributed by atoms with E-state index in [1.54, 1.807) is 15.8 Å². The van der Waals surface area contributed by atoms with Crippen molar-refractivity contribution in [3.05, 3.63) is 41.5 Å². The quantitative estimate of drug-likeness (QED) is 0.798. The molecule has 148 valence electrons. The van der Waals surface area contributed by atoms with Crippen molar-refractivity contribution in [2.75, 3.05) is 23.3 Å². The van der Waals surface area contributed by atoms with Crippen LogP contribution in [0.4, 0.5) is 29.3 Å². The number of rotatable bonds is 2. The van der Waals surface area contributed by atoms with Gasteiger partial charge < -0.3 is 15.1 Å². The third kappa shape index (κ3) is 3.08. The maximum atomic E-state index is 13.4. The van der Waals surface area contributed by atoms with Crippen LogP contribution < -0.4 is 10.2 Å². The Morgan fingerprint density at radius 3 is 2.61 bits per heavy atom. The van der Waals surface area contributed by atoms with Crippen LogP contribution in [0.15, 0.2) is 18.3 Å². The summed E-state index contributed by atoms with van der Waals surface area (Å²) in [5.41, 5.74) is 1.22. The van der Waals surface area contributed by atoms with E-state index in [0.717, 1.165) is 24.2 Å². The highest BCUT2D eigenvalue weighted by molar-refractivity contribution is 5.96. The number of carbonyl (C=O) groups is 2. The van der Waals surface area contributed by atoms with Crippen LogP contribution in [0.5, 0.6) is 0 Å². The number of anilines is 2. The largest absolute Gasteiger partial charge is 0.322 e. The van der Waals surface area contributed by atoms with Crippen molar-refractivity contribution in [3.8, 4) is 0 Å². The standard InChI is InChI=1S/C18H18F3N5O2/c1-10-8-24(18(28)23-11-5-12(19)17(21)13(20)6-11)9-15-14(7-22-26(10)15)25-4-2-3-16(25)27/h5-7,10H,2-4,8-9H2,1H3,(H,23,28)/t10-/m0/s1. The summed E-state index contributed by atoms with van der Waals surface area (Å²) in [7, 11) is 0. The molecular weight excluding hydrogens is 375 g/mol. The molecule has 0 saturated carbocycles. The lowest BCUT2D eigenvalue weighted by Crippen LogP contribution is -2.43. The molecule has 0 radical (unpaired) electrons. The molecule has 1 fully saturated rings. The predicted octanol–water partition coefficient (Wildman–Crippen LogP) is 3.04. The van der Waals surface area contributed by atoms with Crippen LogP contribution in [0.3, 0.4) is 0 Å². The van der Waals surface area contributed by atoms with Crippen molar-refractivity contribution in [3.63, 3.8) is 0 Å². The van der Waals surface area contributed by atoms with E-state index in [9.17, 15) is 22.8 Å². The fraction of sp³-hybridized carbons (Fsp3) is 0.389. The van der Waals surface area contributed by atoms with Gasteiger partial charge in [-0.1, -0.05) is 0 Å². The Hall–Kier alpha value is -3.04. The first-order chi connectivity index (χ1) is 13.3. The molecule has 28 heavy (non-hydrogen) atoms. The third-order valence-corrected chi connectivity index (χ3v) is 5.01. The number of urea groups is 1. The maximum absolute atomic E-state index is 13.4. The number of aromatic nitrogens is 2. The van der Waals surface area contributed by atoms with Crippen molar-refractivity contribution >= 4 is 23.3 Å². The molecule has 7 nitrogen and oxygen atoms in total. The summed E-state index contributed by atoms with van der Waals surface area (Å²) in [4.78, 5) is 27.8. The van der Waals surface area contributed by atoms with Crippen LogP contribution in [0.1, 0.15) is 31.5 Å². The number of hydrogen-bond acceptors (Lipinski definition) is 3.